The highest BCUT2D eigenvalue weighted by Crippen LogP contribution is 2.13. The Kier molecular flexibility index (Phi) is 6.57. The Bertz CT molecular complexity index is 190. The fourth-order valence-corrected chi connectivity index (χ4v) is 1.26. The molecule has 0 saturated carbocycles. The molecule has 2 N–H and O–H groups in total. The summed E-state index contributed by atoms with van der Waals surface area (Å²) in [4.78, 5) is 11.7. The van der Waals surface area contributed by atoms with E-state index in [0.29, 0.717) is 12.5 Å². The number of carbonyl (C=O) groups is 1. The zero-order valence-electron chi connectivity index (χ0n) is 10.8. The van der Waals surface area contributed by atoms with E-state index in [9.17, 15) is 4.79 Å². The van der Waals surface area contributed by atoms with E-state index < -0.39 is 0 Å². The van der Waals surface area contributed by atoms with E-state index in [0.717, 1.165) is 13.1 Å². The second-order valence-corrected chi connectivity index (χ2v) is 4.89. The van der Waals surface area contributed by atoms with Crippen molar-refractivity contribution in [1.82, 2.24) is 10.6 Å². The average Bonchev–Trinajstić information content (AvgIpc) is 2.17. The minimum atomic E-state index is -0.316. The molecule has 3 heteroatoms. The van der Waals surface area contributed by atoms with Gasteiger partial charge in [0.2, 0.25) is 5.91 Å². The van der Waals surface area contributed by atoms with Crippen molar-refractivity contribution in [1.29, 1.82) is 0 Å². The van der Waals surface area contributed by atoms with E-state index in [1.54, 1.807) is 0 Å². The van der Waals surface area contributed by atoms with Gasteiger partial charge in [-0.05, 0) is 33.2 Å². The average molecular weight is 214 g/mol. The summed E-state index contributed by atoms with van der Waals surface area (Å²) in [6, 6.07) is 0. The van der Waals surface area contributed by atoms with Crippen LogP contribution in [0.15, 0.2) is 0 Å². The van der Waals surface area contributed by atoms with Gasteiger partial charge in [-0.15, -0.1) is 0 Å². The van der Waals surface area contributed by atoms with Crippen molar-refractivity contribution in [3.63, 3.8) is 0 Å². The molecule has 90 valence electrons. The maximum absolute atomic E-state index is 11.7. The van der Waals surface area contributed by atoms with Crippen LogP contribution in [0, 0.1) is 11.3 Å². The molecule has 15 heavy (non-hydrogen) atoms. The third-order valence-electron chi connectivity index (χ3n) is 2.71. The van der Waals surface area contributed by atoms with Gasteiger partial charge < -0.3 is 10.6 Å². The van der Waals surface area contributed by atoms with Gasteiger partial charge >= 0.3 is 0 Å². The van der Waals surface area contributed by atoms with Gasteiger partial charge in [0.05, 0.1) is 5.41 Å². The van der Waals surface area contributed by atoms with Gasteiger partial charge in [-0.1, -0.05) is 20.3 Å². The zero-order valence-corrected chi connectivity index (χ0v) is 10.8. The third kappa shape index (κ3) is 5.78. The normalized spacial score (nSPS) is 13.7. The first-order chi connectivity index (χ1) is 6.94. The maximum Gasteiger partial charge on any atom is 0.226 e. The van der Waals surface area contributed by atoms with E-state index >= 15 is 0 Å². The van der Waals surface area contributed by atoms with Gasteiger partial charge in [0.15, 0.2) is 0 Å². The van der Waals surface area contributed by atoms with Crippen molar-refractivity contribution < 1.29 is 4.79 Å². The fraction of sp³-hybridized carbons (Fsp3) is 0.917. The summed E-state index contributed by atoms with van der Waals surface area (Å²) >= 11 is 0. The highest BCUT2D eigenvalue weighted by molar-refractivity contribution is 5.81. The van der Waals surface area contributed by atoms with Gasteiger partial charge in [0.1, 0.15) is 0 Å². The molecule has 1 unspecified atom stereocenters. The molecule has 0 spiro atoms. The molecule has 0 saturated heterocycles. The van der Waals surface area contributed by atoms with Crippen molar-refractivity contribution in [3.8, 4) is 0 Å². The van der Waals surface area contributed by atoms with Crippen LogP contribution in [-0.4, -0.2) is 25.5 Å². The van der Waals surface area contributed by atoms with Gasteiger partial charge in [0, 0.05) is 13.1 Å². The van der Waals surface area contributed by atoms with E-state index in [1.807, 2.05) is 20.8 Å². The molecular formula is C12H26N2O. The first-order valence-electron chi connectivity index (χ1n) is 5.93. The lowest BCUT2D eigenvalue weighted by Crippen LogP contribution is -2.44. The lowest BCUT2D eigenvalue weighted by atomic mass is 9.92. The molecule has 0 aromatic carbocycles. The molecule has 0 rings (SSSR count). The number of amides is 1. The molecule has 0 aliphatic carbocycles. The Morgan fingerprint density at radius 1 is 1.33 bits per heavy atom. The zero-order chi connectivity index (χ0) is 11.9. The number of nitrogens with one attached hydrogen (secondary N) is 2. The molecule has 1 atom stereocenters. The van der Waals surface area contributed by atoms with Crippen LogP contribution in [0.3, 0.4) is 0 Å². The Hall–Kier alpha value is -0.570. The Labute approximate surface area is 94.0 Å². The van der Waals surface area contributed by atoms with Crippen LogP contribution in [0.2, 0.25) is 0 Å². The predicted molar refractivity (Wildman–Crippen MR) is 64.8 cm³/mol. The van der Waals surface area contributed by atoms with Crippen LogP contribution < -0.4 is 10.6 Å². The summed E-state index contributed by atoms with van der Waals surface area (Å²) in [5.74, 6) is 0.802. The van der Waals surface area contributed by atoms with Crippen molar-refractivity contribution >= 4 is 5.91 Å². The Balaban J connectivity index is 3.87. The largest absolute Gasteiger partial charge is 0.356 e. The van der Waals surface area contributed by atoms with Crippen molar-refractivity contribution in [3.05, 3.63) is 0 Å². The maximum atomic E-state index is 11.7. The van der Waals surface area contributed by atoms with E-state index in [2.05, 4.69) is 24.5 Å². The van der Waals surface area contributed by atoms with Gasteiger partial charge in [-0.25, -0.2) is 0 Å². The van der Waals surface area contributed by atoms with Crippen molar-refractivity contribution in [2.24, 2.45) is 11.3 Å². The number of rotatable bonds is 7. The fourth-order valence-electron chi connectivity index (χ4n) is 1.26. The number of hydrogen-bond acceptors (Lipinski definition) is 2. The van der Waals surface area contributed by atoms with Crippen molar-refractivity contribution in [2.45, 2.75) is 41.0 Å². The lowest BCUT2D eigenvalue weighted by Gasteiger charge is -2.24. The molecule has 0 aliphatic heterocycles. The third-order valence-corrected chi connectivity index (χ3v) is 2.71. The second-order valence-electron chi connectivity index (χ2n) is 4.89. The summed E-state index contributed by atoms with van der Waals surface area (Å²) < 4.78 is 0. The Morgan fingerprint density at radius 3 is 2.40 bits per heavy atom. The first-order valence-corrected chi connectivity index (χ1v) is 5.93. The monoisotopic (exact) mass is 214 g/mol. The standard InChI is InChI=1S/C12H26N2O/c1-6-10(3)8-13-9-12(4,5)11(15)14-7-2/h10,13H,6-9H2,1-5H3,(H,14,15). The van der Waals surface area contributed by atoms with Crippen LogP contribution in [0.1, 0.15) is 41.0 Å². The molecule has 0 fully saturated rings. The van der Waals surface area contributed by atoms with E-state index in [-0.39, 0.29) is 11.3 Å². The molecule has 0 aliphatic rings. The molecule has 3 nitrogen and oxygen atoms in total. The summed E-state index contributed by atoms with van der Waals surface area (Å²) in [6.45, 7) is 12.7. The minimum absolute atomic E-state index is 0.127. The van der Waals surface area contributed by atoms with Crippen LogP contribution in [0.5, 0.6) is 0 Å². The number of carbonyl (C=O) groups excluding carboxylic acids is 1. The van der Waals surface area contributed by atoms with E-state index in [1.165, 1.54) is 6.42 Å². The molecule has 0 bridgehead atoms. The first kappa shape index (κ1) is 14.4. The highest BCUT2D eigenvalue weighted by atomic mass is 16.2. The summed E-state index contributed by atoms with van der Waals surface area (Å²) in [5, 5.41) is 6.21. The van der Waals surface area contributed by atoms with Gasteiger partial charge in [-0.3, -0.25) is 4.79 Å². The quantitative estimate of drug-likeness (QED) is 0.678. The molecular weight excluding hydrogens is 188 g/mol. The second kappa shape index (κ2) is 6.83. The summed E-state index contributed by atoms with van der Waals surface area (Å²) in [7, 11) is 0. The minimum Gasteiger partial charge on any atom is -0.356 e. The molecule has 1 amide bonds. The smallest absolute Gasteiger partial charge is 0.226 e. The predicted octanol–water partition coefficient (Wildman–Crippen LogP) is 1.78. The summed E-state index contributed by atoms with van der Waals surface area (Å²) in [6.07, 6.45) is 1.18. The van der Waals surface area contributed by atoms with E-state index in [4.69, 9.17) is 0 Å². The van der Waals surface area contributed by atoms with Crippen LogP contribution in [0.4, 0.5) is 0 Å². The Morgan fingerprint density at radius 2 is 1.93 bits per heavy atom. The molecule has 0 aromatic rings. The molecule has 0 radical (unpaired) electrons. The van der Waals surface area contributed by atoms with Crippen LogP contribution >= 0.6 is 0 Å². The summed E-state index contributed by atoms with van der Waals surface area (Å²) in [5.41, 5.74) is -0.316. The lowest BCUT2D eigenvalue weighted by molar-refractivity contribution is -0.129. The SMILES string of the molecule is CCNC(=O)C(C)(C)CNCC(C)CC. The van der Waals surface area contributed by atoms with Gasteiger partial charge in [0.25, 0.3) is 0 Å². The van der Waals surface area contributed by atoms with Crippen LogP contribution in [-0.2, 0) is 4.79 Å². The number of hydrogen-bond donors (Lipinski definition) is 2. The highest BCUT2D eigenvalue weighted by Gasteiger charge is 2.26. The topological polar surface area (TPSA) is 41.1 Å². The molecule has 0 aromatic heterocycles. The van der Waals surface area contributed by atoms with Gasteiger partial charge in [-0.2, -0.15) is 0 Å². The van der Waals surface area contributed by atoms with Crippen LogP contribution in [0.25, 0.3) is 0 Å². The van der Waals surface area contributed by atoms with Crippen molar-refractivity contribution in [2.75, 3.05) is 19.6 Å². The molecule has 0 heterocycles.